The predicted molar refractivity (Wildman–Crippen MR) is 266 cm³/mol. The Labute approximate surface area is 365 Å². The number of allylic oxidation sites excluding steroid dienone is 2. The molecule has 13 rings (SSSR count). The smallest absolute Gasteiger partial charge is 0.233 e. The van der Waals surface area contributed by atoms with E-state index in [0.717, 1.165) is 72.2 Å². The molecule has 5 nitrogen and oxygen atoms in total. The minimum absolute atomic E-state index is 0.545. The van der Waals surface area contributed by atoms with Gasteiger partial charge >= 0.3 is 0 Å². The number of thiophene rings is 1. The Morgan fingerprint density at radius 1 is 0.556 bits per heavy atom. The van der Waals surface area contributed by atoms with Gasteiger partial charge in [0.1, 0.15) is 5.58 Å². The van der Waals surface area contributed by atoms with E-state index in [2.05, 4.69) is 186 Å². The van der Waals surface area contributed by atoms with Crippen LogP contribution in [0.1, 0.15) is 11.3 Å². The van der Waals surface area contributed by atoms with Crippen LogP contribution in [0.25, 0.3) is 126 Å². The van der Waals surface area contributed by atoms with E-state index in [1.807, 2.05) is 35.6 Å². The zero-order chi connectivity index (χ0) is 41.8. The van der Waals surface area contributed by atoms with Crippen LogP contribution in [-0.2, 0) is 0 Å². The monoisotopic (exact) mass is 824 g/mol. The molecule has 0 aliphatic heterocycles. The number of furan rings is 1. The number of hydrogen-bond acceptors (Lipinski definition) is 4. The van der Waals surface area contributed by atoms with Crippen molar-refractivity contribution in [3.8, 4) is 34.0 Å². The molecular formula is C57H36N4OS. The van der Waals surface area contributed by atoms with Crippen LogP contribution in [0.2, 0.25) is 0 Å². The van der Waals surface area contributed by atoms with E-state index in [4.69, 9.17) is 14.4 Å². The number of rotatable bonds is 6. The zero-order valence-electron chi connectivity index (χ0n) is 34.2. The van der Waals surface area contributed by atoms with Crippen molar-refractivity contribution >= 4 is 103 Å². The van der Waals surface area contributed by atoms with Crippen LogP contribution in [0.4, 0.5) is 0 Å². The molecule has 0 radical (unpaired) electrons. The molecular weight excluding hydrogens is 789 g/mol. The SMILES string of the molecule is C=C/C=C\c1c(C)n(-c2nc(-c3ccc4c5ccccc5n(-c5cccc(-c6ccccc6)c5)c4c3)nc3oc4ccccc4c23)c2c1c1ccccc1c1sc3ccccc3c12. The molecule has 0 unspecified atom stereocenters. The van der Waals surface area contributed by atoms with Crippen molar-refractivity contribution in [1.29, 1.82) is 0 Å². The average Bonchev–Trinajstić information content (AvgIpc) is 4.08. The van der Waals surface area contributed by atoms with E-state index in [0.29, 0.717) is 11.5 Å². The van der Waals surface area contributed by atoms with E-state index < -0.39 is 0 Å². The minimum Gasteiger partial charge on any atom is -0.437 e. The lowest BCUT2D eigenvalue weighted by molar-refractivity contribution is 0.653. The van der Waals surface area contributed by atoms with Gasteiger partial charge in [0, 0.05) is 69.6 Å². The average molecular weight is 825 g/mol. The second-order valence-electron chi connectivity index (χ2n) is 16.2. The molecule has 0 atom stereocenters. The van der Waals surface area contributed by atoms with Crippen LogP contribution in [-0.4, -0.2) is 19.1 Å². The lowest BCUT2D eigenvalue weighted by Gasteiger charge is -2.13. The third kappa shape index (κ3) is 5.22. The Balaban J connectivity index is 1.14. The molecule has 8 aromatic carbocycles. The fourth-order valence-corrected chi connectivity index (χ4v) is 11.2. The molecule has 0 amide bonds. The molecule has 0 saturated carbocycles. The van der Waals surface area contributed by atoms with Gasteiger partial charge in [-0.2, -0.15) is 4.98 Å². The second kappa shape index (κ2) is 13.7. The number of nitrogens with zero attached hydrogens (tertiary/aromatic N) is 4. The highest BCUT2D eigenvalue weighted by Gasteiger charge is 2.27. The summed E-state index contributed by atoms with van der Waals surface area (Å²) in [6.07, 6.45) is 6.08. The molecule has 13 aromatic rings. The van der Waals surface area contributed by atoms with E-state index in [1.54, 1.807) is 0 Å². The van der Waals surface area contributed by atoms with Crippen LogP contribution < -0.4 is 0 Å². The maximum atomic E-state index is 6.70. The largest absolute Gasteiger partial charge is 0.437 e. The van der Waals surface area contributed by atoms with Crippen LogP contribution in [0, 0.1) is 6.92 Å². The fourth-order valence-electron chi connectivity index (χ4n) is 9.96. The zero-order valence-corrected chi connectivity index (χ0v) is 35.0. The fraction of sp³-hybridized carbons (Fsp3) is 0.0175. The lowest BCUT2D eigenvalue weighted by atomic mass is 9.98. The third-order valence-electron chi connectivity index (χ3n) is 12.7. The molecule has 296 valence electrons. The van der Waals surface area contributed by atoms with E-state index in [1.165, 1.54) is 47.3 Å². The number of para-hydroxylation sites is 2. The highest BCUT2D eigenvalue weighted by molar-refractivity contribution is 7.27. The molecule has 0 bridgehead atoms. The summed E-state index contributed by atoms with van der Waals surface area (Å²) < 4.78 is 14.0. The van der Waals surface area contributed by atoms with Gasteiger partial charge in [-0.3, -0.25) is 4.57 Å². The van der Waals surface area contributed by atoms with Crippen LogP contribution in [0.15, 0.2) is 193 Å². The highest BCUT2D eigenvalue weighted by Crippen LogP contribution is 2.48. The Morgan fingerprint density at radius 3 is 2.13 bits per heavy atom. The summed E-state index contributed by atoms with van der Waals surface area (Å²) in [5, 5.41) is 10.3. The number of benzene rings is 8. The topological polar surface area (TPSA) is 48.8 Å². The van der Waals surface area contributed by atoms with Crippen molar-refractivity contribution in [2.24, 2.45) is 0 Å². The first kappa shape index (κ1) is 35.7. The van der Waals surface area contributed by atoms with Crippen LogP contribution >= 0.6 is 11.3 Å². The highest BCUT2D eigenvalue weighted by atomic mass is 32.1. The van der Waals surface area contributed by atoms with Gasteiger partial charge in [-0.1, -0.05) is 158 Å². The molecule has 63 heavy (non-hydrogen) atoms. The standard InChI is InChI=1S/C57H36N4OS/c1-3-4-21-39-34(2)60(53-50(39)42-23-8-9-24-43(42)54-51(53)45-26-12-15-29-49(45)63-54)56-52-44-25-11-14-28-48(44)62-57(52)59-55(58-56)37-30-31-41-40-22-10-13-27-46(40)61(47(41)33-37)38-20-16-19-36(32-38)35-17-6-5-7-18-35/h3-33H,1H2,2H3/b21-4-. The maximum Gasteiger partial charge on any atom is 0.233 e. The normalized spacial score (nSPS) is 12.2. The van der Waals surface area contributed by atoms with E-state index in [9.17, 15) is 0 Å². The quantitative estimate of drug-likeness (QED) is 0.157. The minimum atomic E-state index is 0.545. The van der Waals surface area contributed by atoms with Crippen molar-refractivity contribution in [3.05, 3.63) is 200 Å². The van der Waals surface area contributed by atoms with Gasteiger partial charge in [-0.05, 0) is 59.8 Å². The van der Waals surface area contributed by atoms with Gasteiger partial charge in [-0.25, -0.2) is 4.98 Å². The van der Waals surface area contributed by atoms with Gasteiger partial charge in [0.25, 0.3) is 0 Å². The summed E-state index contributed by atoms with van der Waals surface area (Å²) in [5.74, 6) is 1.37. The maximum absolute atomic E-state index is 6.70. The number of hydrogen-bond donors (Lipinski definition) is 0. The van der Waals surface area contributed by atoms with Crippen LogP contribution in [0.3, 0.4) is 0 Å². The summed E-state index contributed by atoms with van der Waals surface area (Å²) in [6.45, 7) is 6.27. The second-order valence-corrected chi connectivity index (χ2v) is 17.2. The Bertz CT molecular complexity index is 4070. The van der Waals surface area contributed by atoms with Crippen molar-refractivity contribution < 1.29 is 4.42 Å². The molecule has 5 heterocycles. The van der Waals surface area contributed by atoms with Crippen LogP contribution in [0.5, 0.6) is 0 Å². The van der Waals surface area contributed by atoms with Crippen molar-refractivity contribution in [2.45, 2.75) is 6.92 Å². The molecule has 0 spiro atoms. The lowest BCUT2D eigenvalue weighted by Crippen LogP contribution is -2.04. The molecule has 0 fully saturated rings. The Kier molecular flexibility index (Phi) is 7.77. The number of fused-ring (bicyclic) bond motifs is 14. The summed E-state index contributed by atoms with van der Waals surface area (Å²) >= 11 is 1.85. The summed E-state index contributed by atoms with van der Waals surface area (Å²) in [6, 6.07) is 60.4. The third-order valence-corrected chi connectivity index (χ3v) is 13.9. The van der Waals surface area contributed by atoms with Crippen molar-refractivity contribution in [1.82, 2.24) is 19.1 Å². The predicted octanol–water partition coefficient (Wildman–Crippen LogP) is 15.8. The van der Waals surface area contributed by atoms with E-state index >= 15 is 0 Å². The van der Waals surface area contributed by atoms with Gasteiger partial charge < -0.3 is 8.98 Å². The number of aromatic nitrogens is 4. The first-order chi connectivity index (χ1) is 31.1. The summed E-state index contributed by atoms with van der Waals surface area (Å²) in [5.41, 5.74) is 11.2. The Morgan fingerprint density at radius 2 is 1.27 bits per heavy atom. The molecule has 6 heteroatoms. The molecule has 0 saturated heterocycles. The van der Waals surface area contributed by atoms with Gasteiger partial charge in [0.05, 0.1) is 21.9 Å². The molecule has 0 aliphatic carbocycles. The molecule has 5 aromatic heterocycles. The van der Waals surface area contributed by atoms with E-state index in [-0.39, 0.29) is 0 Å². The first-order valence-corrected chi connectivity index (χ1v) is 22.0. The first-order valence-electron chi connectivity index (χ1n) is 21.2. The van der Waals surface area contributed by atoms with Crippen molar-refractivity contribution in [3.63, 3.8) is 0 Å². The molecule has 0 N–H and O–H groups in total. The summed E-state index contributed by atoms with van der Waals surface area (Å²) in [4.78, 5) is 11.0. The molecule has 0 aliphatic rings. The van der Waals surface area contributed by atoms with Gasteiger partial charge in [0.2, 0.25) is 5.71 Å². The van der Waals surface area contributed by atoms with Crippen molar-refractivity contribution in [2.75, 3.05) is 0 Å². The summed E-state index contributed by atoms with van der Waals surface area (Å²) in [7, 11) is 0. The Hall–Kier alpha value is -8.06. The van der Waals surface area contributed by atoms with Gasteiger partial charge in [-0.15, -0.1) is 11.3 Å². The van der Waals surface area contributed by atoms with Gasteiger partial charge in [0.15, 0.2) is 11.6 Å².